The lowest BCUT2D eigenvalue weighted by molar-refractivity contribution is 0.612. The molecular formula is C10H19N. The van der Waals surface area contributed by atoms with Crippen molar-refractivity contribution in [2.75, 3.05) is 6.54 Å². The van der Waals surface area contributed by atoms with Gasteiger partial charge in [0.25, 0.3) is 0 Å². The van der Waals surface area contributed by atoms with E-state index < -0.39 is 0 Å². The van der Waals surface area contributed by atoms with Crippen LogP contribution in [0.2, 0.25) is 0 Å². The Kier molecular flexibility index (Phi) is 3.47. The number of rotatable bonds is 3. The topological polar surface area (TPSA) is 12.0 Å². The second-order valence-electron chi connectivity index (χ2n) is 3.39. The van der Waals surface area contributed by atoms with E-state index >= 15 is 0 Å². The highest BCUT2D eigenvalue weighted by Gasteiger charge is 2.07. The van der Waals surface area contributed by atoms with E-state index in [0.717, 1.165) is 6.54 Å². The molecule has 0 spiro atoms. The average Bonchev–Trinajstić information content (AvgIpc) is 2.03. The summed E-state index contributed by atoms with van der Waals surface area (Å²) in [7, 11) is 0. The fourth-order valence-electron chi connectivity index (χ4n) is 1.57. The van der Waals surface area contributed by atoms with Gasteiger partial charge in [-0.3, -0.25) is 0 Å². The van der Waals surface area contributed by atoms with Gasteiger partial charge in [0.2, 0.25) is 0 Å². The van der Waals surface area contributed by atoms with Gasteiger partial charge in [-0.15, -0.1) is 0 Å². The lowest BCUT2D eigenvalue weighted by Crippen LogP contribution is -2.17. The van der Waals surface area contributed by atoms with Crippen LogP contribution in [0.5, 0.6) is 0 Å². The summed E-state index contributed by atoms with van der Waals surface area (Å²) in [5.41, 5.74) is 3.11. The van der Waals surface area contributed by atoms with Crippen molar-refractivity contribution in [3.05, 3.63) is 11.3 Å². The summed E-state index contributed by atoms with van der Waals surface area (Å²) >= 11 is 0. The molecule has 1 rings (SSSR count). The van der Waals surface area contributed by atoms with Crippen molar-refractivity contribution in [3.63, 3.8) is 0 Å². The van der Waals surface area contributed by atoms with E-state index in [-0.39, 0.29) is 0 Å². The third-order valence-corrected chi connectivity index (χ3v) is 2.33. The van der Waals surface area contributed by atoms with Gasteiger partial charge in [-0.2, -0.15) is 0 Å². The number of hydrogen-bond donors (Lipinski definition) is 1. The standard InChI is InChI=1S/C10H19N/c1-3-8-11-10-7-5-4-6-9(10)2/h11H,3-8H2,1-2H3. The molecule has 0 atom stereocenters. The highest BCUT2D eigenvalue weighted by Crippen LogP contribution is 2.21. The maximum Gasteiger partial charge on any atom is 0.0141 e. The zero-order valence-corrected chi connectivity index (χ0v) is 7.74. The molecule has 64 valence electrons. The van der Waals surface area contributed by atoms with Gasteiger partial charge in [-0.05, 0) is 39.0 Å². The third kappa shape index (κ3) is 2.57. The number of allylic oxidation sites excluding steroid dienone is 2. The normalized spacial score (nSPS) is 18.7. The maximum absolute atomic E-state index is 3.50. The fraction of sp³-hybridized carbons (Fsp3) is 0.800. The molecule has 1 N–H and O–H groups in total. The molecule has 0 bridgehead atoms. The molecule has 0 saturated carbocycles. The van der Waals surface area contributed by atoms with E-state index in [1.807, 2.05) is 0 Å². The molecule has 0 unspecified atom stereocenters. The second kappa shape index (κ2) is 4.42. The average molecular weight is 153 g/mol. The van der Waals surface area contributed by atoms with E-state index in [1.165, 1.54) is 37.8 Å². The van der Waals surface area contributed by atoms with Gasteiger partial charge in [0, 0.05) is 12.2 Å². The molecule has 11 heavy (non-hydrogen) atoms. The lowest BCUT2D eigenvalue weighted by Gasteiger charge is -2.18. The maximum atomic E-state index is 3.50. The Labute approximate surface area is 69.9 Å². The molecule has 1 aliphatic rings. The minimum atomic E-state index is 1.15. The summed E-state index contributed by atoms with van der Waals surface area (Å²) in [4.78, 5) is 0. The minimum Gasteiger partial charge on any atom is -0.388 e. The Morgan fingerprint density at radius 3 is 2.64 bits per heavy atom. The largest absolute Gasteiger partial charge is 0.388 e. The zero-order valence-electron chi connectivity index (χ0n) is 7.74. The van der Waals surface area contributed by atoms with Crippen LogP contribution in [0.25, 0.3) is 0 Å². The first-order chi connectivity index (χ1) is 5.34. The monoisotopic (exact) mass is 153 g/mol. The van der Waals surface area contributed by atoms with Crippen molar-refractivity contribution in [2.45, 2.75) is 46.0 Å². The predicted molar refractivity (Wildman–Crippen MR) is 49.5 cm³/mol. The van der Waals surface area contributed by atoms with Gasteiger partial charge < -0.3 is 5.32 Å². The van der Waals surface area contributed by atoms with Crippen molar-refractivity contribution in [1.82, 2.24) is 5.32 Å². The van der Waals surface area contributed by atoms with Gasteiger partial charge in [0.15, 0.2) is 0 Å². The van der Waals surface area contributed by atoms with Crippen molar-refractivity contribution in [1.29, 1.82) is 0 Å². The Morgan fingerprint density at radius 1 is 1.27 bits per heavy atom. The Hall–Kier alpha value is -0.460. The van der Waals surface area contributed by atoms with Crippen LogP contribution in [0.3, 0.4) is 0 Å². The van der Waals surface area contributed by atoms with Crippen LogP contribution in [-0.2, 0) is 0 Å². The summed E-state index contributed by atoms with van der Waals surface area (Å²) in [5, 5.41) is 3.50. The summed E-state index contributed by atoms with van der Waals surface area (Å²) < 4.78 is 0. The molecular weight excluding hydrogens is 134 g/mol. The first-order valence-corrected chi connectivity index (χ1v) is 4.77. The first kappa shape index (κ1) is 8.63. The van der Waals surface area contributed by atoms with Crippen molar-refractivity contribution in [2.24, 2.45) is 0 Å². The summed E-state index contributed by atoms with van der Waals surface area (Å²) in [6, 6.07) is 0. The third-order valence-electron chi connectivity index (χ3n) is 2.33. The van der Waals surface area contributed by atoms with E-state index in [0.29, 0.717) is 0 Å². The van der Waals surface area contributed by atoms with Gasteiger partial charge in [0.1, 0.15) is 0 Å². The van der Waals surface area contributed by atoms with Gasteiger partial charge >= 0.3 is 0 Å². The second-order valence-corrected chi connectivity index (χ2v) is 3.39. The van der Waals surface area contributed by atoms with E-state index in [9.17, 15) is 0 Å². The molecule has 0 radical (unpaired) electrons. The number of hydrogen-bond acceptors (Lipinski definition) is 1. The summed E-state index contributed by atoms with van der Waals surface area (Å²) in [6.07, 6.45) is 6.60. The number of nitrogens with one attached hydrogen (secondary N) is 1. The van der Waals surface area contributed by atoms with E-state index in [1.54, 1.807) is 5.57 Å². The van der Waals surface area contributed by atoms with E-state index in [4.69, 9.17) is 0 Å². The highest BCUT2D eigenvalue weighted by molar-refractivity contribution is 5.12. The van der Waals surface area contributed by atoms with Crippen molar-refractivity contribution >= 4 is 0 Å². The predicted octanol–water partition coefficient (Wildman–Crippen LogP) is 2.83. The van der Waals surface area contributed by atoms with Crippen LogP contribution in [0.4, 0.5) is 0 Å². The molecule has 0 aliphatic heterocycles. The van der Waals surface area contributed by atoms with Crippen LogP contribution in [-0.4, -0.2) is 6.54 Å². The Balaban J connectivity index is 2.39. The molecule has 0 fully saturated rings. The summed E-state index contributed by atoms with van der Waals surface area (Å²) in [6.45, 7) is 5.62. The van der Waals surface area contributed by atoms with Crippen LogP contribution in [0, 0.1) is 0 Å². The molecule has 1 heteroatoms. The van der Waals surface area contributed by atoms with Crippen LogP contribution < -0.4 is 5.32 Å². The molecule has 1 aliphatic carbocycles. The smallest absolute Gasteiger partial charge is 0.0141 e. The Morgan fingerprint density at radius 2 is 2.00 bits per heavy atom. The lowest BCUT2D eigenvalue weighted by atomic mass is 9.97. The van der Waals surface area contributed by atoms with Gasteiger partial charge in [-0.1, -0.05) is 12.5 Å². The highest BCUT2D eigenvalue weighted by atomic mass is 14.9. The Bertz CT molecular complexity index is 147. The molecule has 0 aromatic heterocycles. The molecule has 0 aromatic carbocycles. The zero-order chi connectivity index (χ0) is 8.10. The van der Waals surface area contributed by atoms with Crippen LogP contribution >= 0.6 is 0 Å². The SMILES string of the molecule is CCCNC1=C(C)CCCC1. The quantitative estimate of drug-likeness (QED) is 0.657. The molecule has 1 nitrogen and oxygen atoms in total. The molecule has 0 saturated heterocycles. The summed E-state index contributed by atoms with van der Waals surface area (Å²) in [5.74, 6) is 0. The molecule has 0 heterocycles. The van der Waals surface area contributed by atoms with Crippen molar-refractivity contribution in [3.8, 4) is 0 Å². The first-order valence-electron chi connectivity index (χ1n) is 4.77. The molecule has 0 aromatic rings. The van der Waals surface area contributed by atoms with E-state index in [2.05, 4.69) is 19.2 Å². The van der Waals surface area contributed by atoms with Crippen LogP contribution in [0.1, 0.15) is 46.0 Å². The van der Waals surface area contributed by atoms with Crippen molar-refractivity contribution < 1.29 is 0 Å². The van der Waals surface area contributed by atoms with Gasteiger partial charge in [-0.25, -0.2) is 0 Å². The van der Waals surface area contributed by atoms with Crippen LogP contribution in [0.15, 0.2) is 11.3 Å². The molecule has 0 amide bonds. The minimum absolute atomic E-state index is 1.15. The fourth-order valence-corrected chi connectivity index (χ4v) is 1.57. The van der Waals surface area contributed by atoms with Gasteiger partial charge in [0.05, 0.1) is 0 Å².